The van der Waals surface area contributed by atoms with Crippen molar-refractivity contribution in [2.75, 3.05) is 5.73 Å². The van der Waals surface area contributed by atoms with Crippen LogP contribution >= 0.6 is 11.6 Å². The zero-order chi connectivity index (χ0) is 13.6. The summed E-state index contributed by atoms with van der Waals surface area (Å²) in [5.74, 6) is 1.19. The minimum absolute atomic E-state index is 0.0684. The van der Waals surface area contributed by atoms with E-state index < -0.39 is 10.0 Å². The molecular weight excluding hydrogens is 284 g/mol. The predicted octanol–water partition coefficient (Wildman–Crippen LogP) is 2.39. The minimum Gasteiger partial charge on any atom is -0.398 e. The molecule has 104 valence electrons. The first kappa shape index (κ1) is 13.2. The van der Waals surface area contributed by atoms with Gasteiger partial charge in [-0.1, -0.05) is 18.0 Å². The molecule has 6 heteroatoms. The number of nitrogen functional groups attached to an aromatic ring is 1. The monoisotopic (exact) mass is 300 g/mol. The quantitative estimate of drug-likeness (QED) is 0.842. The number of hydrogen-bond donors (Lipinski definition) is 2. The second kappa shape index (κ2) is 4.65. The predicted molar refractivity (Wildman–Crippen MR) is 75.4 cm³/mol. The van der Waals surface area contributed by atoms with Gasteiger partial charge in [-0.05, 0) is 49.3 Å². The van der Waals surface area contributed by atoms with Crippen LogP contribution in [0.25, 0.3) is 0 Å². The molecule has 0 aliphatic heterocycles. The Labute approximate surface area is 118 Å². The van der Waals surface area contributed by atoms with Gasteiger partial charge in [-0.15, -0.1) is 0 Å². The Bertz CT molecular complexity index is 603. The molecule has 4 nitrogen and oxygen atoms in total. The van der Waals surface area contributed by atoms with Crippen LogP contribution in [-0.2, 0) is 10.0 Å². The standard InChI is InChI=1S/C13H17ClN2O2S/c14-10-3-4-13(11(15)7-10)19(17,18)16-12-6-8-1-2-9(12)5-8/h3-4,7-9,12,16H,1-2,5-6,15H2/t8-,9-,12-/m0/s1. The lowest BCUT2D eigenvalue weighted by atomic mass is 9.96. The Kier molecular flexibility index (Phi) is 3.23. The number of nitrogens with two attached hydrogens (primary N) is 1. The Morgan fingerprint density at radius 2 is 2.05 bits per heavy atom. The molecule has 2 saturated carbocycles. The number of nitrogens with one attached hydrogen (secondary N) is 1. The SMILES string of the molecule is Nc1cc(Cl)ccc1S(=O)(=O)N[C@H]1C[C@H]2CC[C@H]1C2. The van der Waals surface area contributed by atoms with Crippen molar-refractivity contribution >= 4 is 27.3 Å². The molecule has 1 aromatic rings. The van der Waals surface area contributed by atoms with Crippen LogP contribution in [0.1, 0.15) is 25.7 Å². The van der Waals surface area contributed by atoms with Crippen molar-refractivity contribution < 1.29 is 8.42 Å². The number of sulfonamides is 1. The molecule has 3 atom stereocenters. The van der Waals surface area contributed by atoms with Gasteiger partial charge in [0, 0.05) is 11.1 Å². The second-order valence-electron chi connectivity index (χ2n) is 5.58. The molecule has 0 saturated heterocycles. The van der Waals surface area contributed by atoms with Gasteiger partial charge in [0.25, 0.3) is 0 Å². The number of benzene rings is 1. The van der Waals surface area contributed by atoms with Crippen molar-refractivity contribution in [3.05, 3.63) is 23.2 Å². The van der Waals surface area contributed by atoms with E-state index in [1.165, 1.54) is 18.6 Å². The van der Waals surface area contributed by atoms with Crippen molar-refractivity contribution in [3.8, 4) is 0 Å². The molecule has 0 radical (unpaired) electrons. The maximum Gasteiger partial charge on any atom is 0.242 e. The Hall–Kier alpha value is -0.780. The first-order valence-electron chi connectivity index (χ1n) is 6.53. The second-order valence-corrected chi connectivity index (χ2v) is 7.70. The Morgan fingerprint density at radius 1 is 1.26 bits per heavy atom. The number of fused-ring (bicyclic) bond motifs is 2. The molecule has 2 fully saturated rings. The molecule has 2 aliphatic carbocycles. The van der Waals surface area contributed by atoms with Gasteiger partial charge in [-0.3, -0.25) is 0 Å². The molecule has 0 aromatic heterocycles. The van der Waals surface area contributed by atoms with Crippen LogP contribution in [0.15, 0.2) is 23.1 Å². The lowest BCUT2D eigenvalue weighted by Gasteiger charge is -2.23. The van der Waals surface area contributed by atoms with Crippen LogP contribution in [0.3, 0.4) is 0 Å². The maximum absolute atomic E-state index is 12.4. The van der Waals surface area contributed by atoms with Crippen LogP contribution in [0.5, 0.6) is 0 Å². The molecule has 19 heavy (non-hydrogen) atoms. The zero-order valence-corrected chi connectivity index (χ0v) is 12.0. The number of hydrogen-bond acceptors (Lipinski definition) is 3. The van der Waals surface area contributed by atoms with E-state index in [0.717, 1.165) is 19.3 Å². The van der Waals surface area contributed by atoms with Gasteiger partial charge in [-0.2, -0.15) is 0 Å². The zero-order valence-electron chi connectivity index (χ0n) is 10.5. The summed E-state index contributed by atoms with van der Waals surface area (Å²) >= 11 is 5.79. The topological polar surface area (TPSA) is 72.2 Å². The van der Waals surface area contributed by atoms with Crippen LogP contribution in [-0.4, -0.2) is 14.5 Å². The van der Waals surface area contributed by atoms with Gasteiger partial charge in [0.05, 0.1) is 5.69 Å². The molecule has 0 spiro atoms. The van der Waals surface area contributed by atoms with Gasteiger partial charge >= 0.3 is 0 Å². The maximum atomic E-state index is 12.4. The fraction of sp³-hybridized carbons (Fsp3) is 0.538. The summed E-state index contributed by atoms with van der Waals surface area (Å²) in [6, 6.07) is 4.55. The molecule has 2 aliphatic rings. The molecular formula is C13H17ClN2O2S. The van der Waals surface area contributed by atoms with E-state index in [9.17, 15) is 8.42 Å². The highest BCUT2D eigenvalue weighted by Crippen LogP contribution is 2.44. The van der Waals surface area contributed by atoms with E-state index in [0.29, 0.717) is 16.9 Å². The third-order valence-corrected chi connectivity index (χ3v) is 6.10. The smallest absolute Gasteiger partial charge is 0.242 e. The summed E-state index contributed by atoms with van der Waals surface area (Å²) in [5, 5.41) is 0.441. The Balaban J connectivity index is 1.83. The van der Waals surface area contributed by atoms with Crippen LogP contribution in [0, 0.1) is 11.8 Å². The minimum atomic E-state index is -3.55. The summed E-state index contributed by atoms with van der Waals surface area (Å²) in [5.41, 5.74) is 5.95. The lowest BCUT2D eigenvalue weighted by Crippen LogP contribution is -2.38. The summed E-state index contributed by atoms with van der Waals surface area (Å²) < 4.78 is 27.5. The Morgan fingerprint density at radius 3 is 2.63 bits per heavy atom. The van der Waals surface area contributed by atoms with Crippen molar-refractivity contribution in [1.29, 1.82) is 0 Å². The fourth-order valence-electron chi connectivity index (χ4n) is 3.42. The van der Waals surface area contributed by atoms with Gasteiger partial charge in [0.2, 0.25) is 10.0 Å². The van der Waals surface area contributed by atoms with Crippen molar-refractivity contribution in [3.63, 3.8) is 0 Å². The highest BCUT2D eigenvalue weighted by Gasteiger charge is 2.41. The van der Waals surface area contributed by atoms with E-state index in [2.05, 4.69) is 4.72 Å². The molecule has 0 heterocycles. The van der Waals surface area contributed by atoms with E-state index in [1.807, 2.05) is 0 Å². The third kappa shape index (κ3) is 2.47. The van der Waals surface area contributed by atoms with Gasteiger partial charge < -0.3 is 5.73 Å². The van der Waals surface area contributed by atoms with E-state index in [1.54, 1.807) is 6.07 Å². The van der Waals surface area contributed by atoms with Crippen molar-refractivity contribution in [2.45, 2.75) is 36.6 Å². The van der Waals surface area contributed by atoms with Gasteiger partial charge in [0.15, 0.2) is 0 Å². The summed E-state index contributed by atoms with van der Waals surface area (Å²) in [6.45, 7) is 0. The first-order chi connectivity index (χ1) is 8.95. The summed E-state index contributed by atoms with van der Waals surface area (Å²) in [6.07, 6.45) is 4.49. The molecule has 3 rings (SSSR count). The van der Waals surface area contributed by atoms with Crippen molar-refractivity contribution in [2.24, 2.45) is 11.8 Å². The van der Waals surface area contributed by atoms with Crippen LogP contribution < -0.4 is 10.5 Å². The van der Waals surface area contributed by atoms with E-state index >= 15 is 0 Å². The van der Waals surface area contributed by atoms with Crippen molar-refractivity contribution in [1.82, 2.24) is 4.72 Å². The number of halogens is 1. The first-order valence-corrected chi connectivity index (χ1v) is 8.39. The fourth-order valence-corrected chi connectivity index (χ4v) is 5.03. The third-order valence-electron chi connectivity index (χ3n) is 4.31. The normalized spacial score (nSPS) is 29.8. The van der Waals surface area contributed by atoms with Gasteiger partial charge in [-0.25, -0.2) is 13.1 Å². The van der Waals surface area contributed by atoms with E-state index in [4.69, 9.17) is 17.3 Å². The van der Waals surface area contributed by atoms with Gasteiger partial charge in [0.1, 0.15) is 4.90 Å². The molecule has 1 aromatic carbocycles. The molecule has 0 amide bonds. The summed E-state index contributed by atoms with van der Waals surface area (Å²) in [7, 11) is -3.55. The number of rotatable bonds is 3. The lowest BCUT2D eigenvalue weighted by molar-refractivity contribution is 0.390. The van der Waals surface area contributed by atoms with Crippen LogP contribution in [0.2, 0.25) is 5.02 Å². The molecule has 2 bridgehead atoms. The average Bonchev–Trinajstić information content (AvgIpc) is 2.89. The highest BCUT2D eigenvalue weighted by atomic mass is 35.5. The van der Waals surface area contributed by atoms with E-state index in [-0.39, 0.29) is 16.6 Å². The molecule has 3 N–H and O–H groups in total. The largest absolute Gasteiger partial charge is 0.398 e. The summed E-state index contributed by atoms with van der Waals surface area (Å²) in [4.78, 5) is 0.125. The number of anilines is 1. The van der Waals surface area contributed by atoms with Crippen LogP contribution in [0.4, 0.5) is 5.69 Å². The highest BCUT2D eigenvalue weighted by molar-refractivity contribution is 7.89. The molecule has 0 unspecified atom stereocenters. The average molecular weight is 301 g/mol.